The molecular formula is C42H48N6O6S. The number of aliphatic hydroxyl groups excluding tert-OH is 1. The van der Waals surface area contributed by atoms with Gasteiger partial charge in [0.2, 0.25) is 5.91 Å². The quantitative estimate of drug-likeness (QED) is 0.0789. The Hall–Kier alpha value is -5.79. The molecule has 4 atom stereocenters. The highest BCUT2D eigenvalue weighted by molar-refractivity contribution is 7.10. The number of urea groups is 1. The Kier molecular flexibility index (Phi) is 15.1. The average molecular weight is 765 g/mol. The van der Waals surface area contributed by atoms with Gasteiger partial charge in [-0.15, -0.1) is 11.3 Å². The summed E-state index contributed by atoms with van der Waals surface area (Å²) in [6.45, 7) is 3.86. The predicted molar refractivity (Wildman–Crippen MR) is 213 cm³/mol. The van der Waals surface area contributed by atoms with Gasteiger partial charge < -0.3 is 35.2 Å². The summed E-state index contributed by atoms with van der Waals surface area (Å²) in [7, 11) is 1.66. The van der Waals surface area contributed by atoms with Crippen LogP contribution in [0.5, 0.6) is 0 Å². The maximum atomic E-state index is 14.0. The number of aliphatic hydroxyl groups is 1. The maximum absolute atomic E-state index is 14.0. The van der Waals surface area contributed by atoms with Crippen molar-refractivity contribution in [1.29, 1.82) is 0 Å². The summed E-state index contributed by atoms with van der Waals surface area (Å²) in [6.07, 6.45) is 4.39. The van der Waals surface area contributed by atoms with E-state index in [4.69, 9.17) is 9.26 Å². The van der Waals surface area contributed by atoms with Crippen LogP contribution in [0.25, 0.3) is 12.2 Å². The molecule has 0 saturated heterocycles. The molecule has 3 aromatic carbocycles. The molecule has 4 N–H and O–H groups in total. The molecule has 12 nitrogen and oxygen atoms in total. The van der Waals surface area contributed by atoms with Gasteiger partial charge in [0.05, 0.1) is 30.6 Å². The fraction of sp³-hybridized carbons (Fsp3) is 0.310. The van der Waals surface area contributed by atoms with Crippen LogP contribution in [0.2, 0.25) is 0 Å². The van der Waals surface area contributed by atoms with Crippen molar-refractivity contribution in [2.75, 3.05) is 7.05 Å². The minimum absolute atomic E-state index is 0.101. The predicted octanol–water partition coefficient (Wildman–Crippen LogP) is 6.48. The molecular weight excluding hydrogens is 717 g/mol. The van der Waals surface area contributed by atoms with Crippen molar-refractivity contribution in [3.8, 4) is 0 Å². The second-order valence-corrected chi connectivity index (χ2v) is 14.5. The second kappa shape index (κ2) is 20.6. The molecule has 5 rings (SSSR count). The zero-order chi connectivity index (χ0) is 39.0. The van der Waals surface area contributed by atoms with Crippen molar-refractivity contribution in [1.82, 2.24) is 31.0 Å². The van der Waals surface area contributed by atoms with E-state index in [2.05, 4.69) is 26.1 Å². The zero-order valence-corrected chi connectivity index (χ0v) is 32.0. The van der Waals surface area contributed by atoms with E-state index in [0.29, 0.717) is 18.6 Å². The monoisotopic (exact) mass is 764 g/mol. The third-order valence-electron chi connectivity index (χ3n) is 8.86. The third kappa shape index (κ3) is 13.2. The molecule has 0 bridgehead atoms. The van der Waals surface area contributed by atoms with Gasteiger partial charge in [0.15, 0.2) is 12.4 Å². The molecule has 2 heterocycles. The zero-order valence-electron chi connectivity index (χ0n) is 31.2. The molecule has 13 heteroatoms. The molecule has 0 radical (unpaired) electrons. The Bertz CT molecular complexity index is 1940. The molecule has 5 aromatic rings. The number of ether oxygens (including phenoxy) is 1. The summed E-state index contributed by atoms with van der Waals surface area (Å²) in [5.74, 6) is -0.255. The highest BCUT2D eigenvalue weighted by atomic mass is 32.1. The van der Waals surface area contributed by atoms with E-state index in [9.17, 15) is 19.5 Å². The summed E-state index contributed by atoms with van der Waals surface area (Å²) in [5.41, 5.74) is 3.65. The smallest absolute Gasteiger partial charge is 0.407 e. The van der Waals surface area contributed by atoms with E-state index >= 15 is 0 Å². The van der Waals surface area contributed by atoms with E-state index in [1.165, 1.54) is 22.4 Å². The Morgan fingerprint density at radius 3 is 2.16 bits per heavy atom. The normalized spacial score (nSPS) is 13.5. The number of nitrogens with one attached hydrogen (secondary N) is 3. The topological polar surface area (TPSA) is 159 Å². The van der Waals surface area contributed by atoms with Crippen LogP contribution in [-0.2, 0) is 35.5 Å². The SMILES string of the molecule is CC(C)[C@H](NC(=O)N(C)Cc1csc(C=Cc2ccccc2)n1)C(=O)N[C@@H](Cc1ccccc1)C[C@H](O)[C@H](Cc1ccccc1)NC(=O)OCc1ccno1. The Labute approximate surface area is 325 Å². The van der Waals surface area contributed by atoms with Gasteiger partial charge in [-0.05, 0) is 47.9 Å². The lowest BCUT2D eigenvalue weighted by molar-refractivity contribution is -0.124. The molecule has 0 spiro atoms. The van der Waals surface area contributed by atoms with Crippen molar-refractivity contribution >= 4 is 41.5 Å². The number of amides is 4. The fourth-order valence-electron chi connectivity index (χ4n) is 5.93. The first-order chi connectivity index (χ1) is 26.6. The molecule has 55 heavy (non-hydrogen) atoms. The van der Waals surface area contributed by atoms with Gasteiger partial charge in [0, 0.05) is 24.5 Å². The first kappa shape index (κ1) is 40.4. The van der Waals surface area contributed by atoms with Gasteiger partial charge in [-0.2, -0.15) is 0 Å². The van der Waals surface area contributed by atoms with E-state index in [1.54, 1.807) is 13.1 Å². The average Bonchev–Trinajstić information content (AvgIpc) is 3.88. The Balaban J connectivity index is 1.24. The highest BCUT2D eigenvalue weighted by Crippen LogP contribution is 2.17. The molecule has 0 aliphatic carbocycles. The lowest BCUT2D eigenvalue weighted by atomic mass is 9.93. The standard InChI is InChI=1S/C42H48N6O6S/c1-29(2)39(47-41(51)48(3)26-34-28-55-38(44-34)20-19-30-13-7-4-8-14-30)40(50)45-33(23-31-15-9-5-10-16-31)25-37(49)36(24-32-17-11-6-12-18-32)46-42(52)53-27-35-21-22-43-54-35/h4-22,28-29,33,36-37,39,49H,23-27H2,1-3H3,(H,45,50)(H,46,52)(H,47,51)/t33-,36-,37-,39-/m0/s1. The van der Waals surface area contributed by atoms with Gasteiger partial charge >= 0.3 is 12.1 Å². The molecule has 4 amide bonds. The first-order valence-electron chi connectivity index (χ1n) is 18.2. The van der Waals surface area contributed by atoms with Crippen LogP contribution in [0, 0.1) is 5.92 Å². The van der Waals surface area contributed by atoms with Crippen molar-refractivity contribution in [2.45, 2.75) is 70.5 Å². The molecule has 0 aliphatic heterocycles. The number of nitrogens with zero attached hydrogens (tertiary/aromatic N) is 3. The van der Waals surface area contributed by atoms with Crippen LogP contribution < -0.4 is 16.0 Å². The first-order valence-corrected chi connectivity index (χ1v) is 19.1. The van der Waals surface area contributed by atoms with Gasteiger partial charge in [0.1, 0.15) is 11.0 Å². The van der Waals surface area contributed by atoms with Gasteiger partial charge in [-0.1, -0.05) is 116 Å². The van der Waals surface area contributed by atoms with Crippen LogP contribution in [0.4, 0.5) is 9.59 Å². The van der Waals surface area contributed by atoms with Crippen molar-refractivity contribution < 1.29 is 28.8 Å². The molecule has 0 saturated carbocycles. The fourth-order valence-corrected chi connectivity index (χ4v) is 6.63. The van der Waals surface area contributed by atoms with Gasteiger partial charge in [-0.3, -0.25) is 4.79 Å². The number of aromatic nitrogens is 2. The number of carbonyl (C=O) groups is 3. The number of rotatable bonds is 18. The molecule has 0 fully saturated rings. The van der Waals surface area contributed by atoms with Crippen molar-refractivity contribution in [3.05, 3.63) is 142 Å². The number of hydrogen-bond donors (Lipinski definition) is 4. The Morgan fingerprint density at radius 1 is 0.873 bits per heavy atom. The maximum Gasteiger partial charge on any atom is 0.407 e. The van der Waals surface area contributed by atoms with Gasteiger partial charge in [-0.25, -0.2) is 14.6 Å². The molecule has 0 aliphatic rings. The van der Waals surface area contributed by atoms with Crippen LogP contribution in [0.1, 0.15) is 53.4 Å². The minimum Gasteiger partial charge on any atom is -0.441 e. The molecule has 288 valence electrons. The number of carbonyl (C=O) groups excluding carboxylic acids is 3. The highest BCUT2D eigenvalue weighted by Gasteiger charge is 2.31. The minimum atomic E-state index is -1.09. The number of alkyl carbamates (subject to hydrolysis) is 1. The van der Waals surface area contributed by atoms with Gasteiger partial charge in [0.25, 0.3) is 0 Å². The lowest BCUT2D eigenvalue weighted by Crippen LogP contribution is -2.55. The van der Waals surface area contributed by atoms with E-state index in [-0.39, 0.29) is 31.4 Å². The summed E-state index contributed by atoms with van der Waals surface area (Å²) >= 11 is 1.49. The van der Waals surface area contributed by atoms with Crippen LogP contribution >= 0.6 is 11.3 Å². The molecule has 0 unspecified atom stereocenters. The number of thiazole rings is 1. The summed E-state index contributed by atoms with van der Waals surface area (Å²) in [5, 5.41) is 26.9. The summed E-state index contributed by atoms with van der Waals surface area (Å²) < 4.78 is 10.4. The van der Waals surface area contributed by atoms with Crippen molar-refractivity contribution in [2.24, 2.45) is 5.92 Å². The van der Waals surface area contributed by atoms with Crippen LogP contribution in [0.15, 0.2) is 113 Å². The lowest BCUT2D eigenvalue weighted by Gasteiger charge is -2.30. The van der Waals surface area contributed by atoms with E-state index in [1.807, 2.05) is 122 Å². The number of benzene rings is 3. The second-order valence-electron chi connectivity index (χ2n) is 13.6. The molecule has 2 aromatic heterocycles. The van der Waals surface area contributed by atoms with E-state index in [0.717, 1.165) is 27.4 Å². The van der Waals surface area contributed by atoms with Crippen LogP contribution in [0.3, 0.4) is 0 Å². The van der Waals surface area contributed by atoms with Crippen LogP contribution in [-0.4, -0.2) is 69.5 Å². The largest absolute Gasteiger partial charge is 0.441 e. The van der Waals surface area contributed by atoms with Crippen molar-refractivity contribution in [3.63, 3.8) is 0 Å². The summed E-state index contributed by atoms with van der Waals surface area (Å²) in [4.78, 5) is 46.4. The number of hydrogen-bond acceptors (Lipinski definition) is 9. The summed E-state index contributed by atoms with van der Waals surface area (Å²) in [6, 6.07) is 28.0. The van der Waals surface area contributed by atoms with E-state index < -0.39 is 36.4 Å². The Morgan fingerprint density at radius 2 is 1.53 bits per heavy atom. The third-order valence-corrected chi connectivity index (χ3v) is 9.72.